The summed E-state index contributed by atoms with van der Waals surface area (Å²) in [5.41, 5.74) is -1.17. The Kier molecular flexibility index (Phi) is 7.68. The Morgan fingerprint density at radius 1 is 1.02 bits per heavy atom. The highest BCUT2D eigenvalue weighted by Gasteiger charge is 2.76. The third-order valence-corrected chi connectivity index (χ3v) is 11.7. The fraction of sp³-hybridized carbons (Fsp3) is 0.400. The van der Waals surface area contributed by atoms with Gasteiger partial charge in [0, 0.05) is 37.7 Å². The van der Waals surface area contributed by atoms with Crippen molar-refractivity contribution in [3.05, 3.63) is 73.3 Å². The summed E-state index contributed by atoms with van der Waals surface area (Å²) in [4.78, 5) is 76.9. The molecule has 1 saturated carbocycles. The number of carbonyl (C=O) groups is 4. The van der Waals surface area contributed by atoms with Crippen molar-refractivity contribution in [3.8, 4) is 5.75 Å². The van der Waals surface area contributed by atoms with E-state index in [-0.39, 0.29) is 41.0 Å². The summed E-state index contributed by atoms with van der Waals surface area (Å²) >= 11 is 17.5. The molecule has 17 heteroatoms. The number of likely N-dealkylation sites (tertiary alicyclic amines) is 1. The van der Waals surface area contributed by atoms with Crippen molar-refractivity contribution in [2.24, 2.45) is 17.8 Å². The minimum atomic E-state index is -2.12. The predicted octanol–water partition coefficient (Wildman–Crippen LogP) is 4.50. The normalized spacial score (nSPS) is 29.8. The van der Waals surface area contributed by atoms with Gasteiger partial charge in [0.25, 0.3) is 11.8 Å². The van der Waals surface area contributed by atoms with Crippen molar-refractivity contribution in [1.29, 1.82) is 0 Å². The quantitative estimate of drug-likeness (QED) is 0.110. The van der Waals surface area contributed by atoms with Crippen LogP contribution in [0.15, 0.2) is 42.0 Å². The maximum Gasteiger partial charge on any atom is 0.301 e. The van der Waals surface area contributed by atoms with Crippen LogP contribution in [0.1, 0.15) is 29.9 Å². The van der Waals surface area contributed by atoms with E-state index >= 15 is 0 Å². The molecule has 246 valence electrons. The molecule has 2 aliphatic carbocycles. The lowest BCUT2D eigenvalue weighted by atomic mass is 9.56. The lowest BCUT2D eigenvalue weighted by molar-refractivity contribution is -0.392. The van der Waals surface area contributed by atoms with Gasteiger partial charge < -0.3 is 10.0 Å². The molecule has 1 N–H and O–H groups in total. The molecule has 6 rings (SSSR count). The van der Waals surface area contributed by atoms with Gasteiger partial charge in [0.05, 0.1) is 32.8 Å². The van der Waals surface area contributed by atoms with E-state index in [4.69, 9.17) is 23.2 Å². The number of benzene rings is 2. The first-order chi connectivity index (χ1) is 22.0. The third kappa shape index (κ3) is 4.28. The molecule has 0 aromatic heterocycles. The Balaban J connectivity index is 1.53. The van der Waals surface area contributed by atoms with E-state index in [1.807, 2.05) is 0 Å². The van der Waals surface area contributed by atoms with Gasteiger partial charge in [-0.05, 0) is 31.2 Å². The second kappa shape index (κ2) is 11.0. The standard InChI is InChI=1S/C30H26BrCl2N5O9/c1-13-5-4-6-17(24(13)39)22-15-7-8-16-21(18(15)11-29(32)27(42)35(12-31)28(43)30(22,29)33)26(41)36(25(16)40)14-9-19(37(44)45)23(34(2)3)20(10-14)38(46)47/h4-7,9-10,16,18,21-22,39H,8,11-12H2,1-3H3. The number of halogens is 3. The number of para-hydroxylation sites is 1. The van der Waals surface area contributed by atoms with Gasteiger partial charge in [0.2, 0.25) is 11.8 Å². The molecule has 4 aliphatic rings. The molecule has 2 aliphatic heterocycles. The van der Waals surface area contributed by atoms with E-state index in [2.05, 4.69) is 15.9 Å². The second-order valence-electron chi connectivity index (χ2n) is 12.3. The first kappa shape index (κ1) is 32.8. The van der Waals surface area contributed by atoms with Crippen LogP contribution >= 0.6 is 39.1 Å². The van der Waals surface area contributed by atoms with Crippen molar-refractivity contribution in [3.63, 3.8) is 0 Å². The lowest BCUT2D eigenvalue weighted by Gasteiger charge is -2.50. The number of hydrogen-bond acceptors (Lipinski definition) is 10. The van der Waals surface area contributed by atoms with E-state index in [1.165, 1.54) is 19.0 Å². The fourth-order valence-electron chi connectivity index (χ4n) is 7.72. The highest BCUT2D eigenvalue weighted by molar-refractivity contribution is 9.09. The molecule has 2 aromatic rings. The van der Waals surface area contributed by atoms with E-state index < -0.39 is 78.3 Å². The second-order valence-corrected chi connectivity index (χ2v) is 14.0. The number of aryl methyl sites for hydroxylation is 1. The number of phenols is 1. The first-order valence-corrected chi connectivity index (χ1v) is 16.2. The van der Waals surface area contributed by atoms with Crippen LogP contribution in [0.25, 0.3) is 0 Å². The van der Waals surface area contributed by atoms with Crippen LogP contribution in [-0.4, -0.2) is 72.8 Å². The van der Waals surface area contributed by atoms with Crippen molar-refractivity contribution >= 4 is 85.5 Å². The summed E-state index contributed by atoms with van der Waals surface area (Å²) in [6, 6.07) is 6.72. The maximum absolute atomic E-state index is 14.3. The molecule has 2 heterocycles. The minimum absolute atomic E-state index is 0.0207. The summed E-state index contributed by atoms with van der Waals surface area (Å²) < 4.78 is 0. The highest BCUT2D eigenvalue weighted by Crippen LogP contribution is 2.66. The minimum Gasteiger partial charge on any atom is -0.507 e. The van der Waals surface area contributed by atoms with Crippen LogP contribution in [0.5, 0.6) is 5.75 Å². The van der Waals surface area contributed by atoms with E-state index in [0.29, 0.717) is 16.0 Å². The van der Waals surface area contributed by atoms with Gasteiger partial charge >= 0.3 is 11.4 Å². The number of anilines is 2. The number of alkyl halides is 3. The average Bonchev–Trinajstić information content (AvgIpc) is 3.35. The van der Waals surface area contributed by atoms with Gasteiger partial charge in [-0.1, -0.05) is 45.8 Å². The number of allylic oxidation sites excluding steroid dienone is 2. The van der Waals surface area contributed by atoms with Crippen LogP contribution in [0.2, 0.25) is 0 Å². The summed E-state index contributed by atoms with van der Waals surface area (Å²) in [7, 11) is 2.78. The van der Waals surface area contributed by atoms with Crippen molar-refractivity contribution < 1.29 is 34.1 Å². The largest absolute Gasteiger partial charge is 0.507 e. The maximum atomic E-state index is 14.3. The van der Waals surface area contributed by atoms with Crippen LogP contribution in [0.3, 0.4) is 0 Å². The number of hydrogen-bond donors (Lipinski definition) is 1. The van der Waals surface area contributed by atoms with Gasteiger partial charge in [-0.3, -0.25) is 44.3 Å². The summed E-state index contributed by atoms with van der Waals surface area (Å²) in [6.45, 7) is 1.64. The van der Waals surface area contributed by atoms with Gasteiger partial charge in [-0.2, -0.15) is 0 Å². The zero-order valence-corrected chi connectivity index (χ0v) is 28.1. The molecule has 6 atom stereocenters. The average molecular weight is 751 g/mol. The molecule has 0 spiro atoms. The fourth-order valence-corrected chi connectivity index (χ4v) is 9.14. The van der Waals surface area contributed by atoms with E-state index in [9.17, 15) is 44.5 Å². The molecule has 4 amide bonds. The zero-order chi connectivity index (χ0) is 34.5. The predicted molar refractivity (Wildman–Crippen MR) is 173 cm³/mol. The molecule has 6 unspecified atom stereocenters. The van der Waals surface area contributed by atoms with Crippen LogP contribution in [0, 0.1) is 44.9 Å². The number of imide groups is 2. The number of nitrogens with zero attached hydrogens (tertiary/aromatic N) is 5. The van der Waals surface area contributed by atoms with Gasteiger partial charge in [-0.25, -0.2) is 4.90 Å². The molecule has 14 nitrogen and oxygen atoms in total. The van der Waals surface area contributed by atoms with E-state index in [1.54, 1.807) is 31.2 Å². The Labute approximate surface area is 285 Å². The number of fused-ring (bicyclic) bond motifs is 4. The van der Waals surface area contributed by atoms with Crippen LogP contribution < -0.4 is 9.80 Å². The number of aromatic hydroxyl groups is 1. The molecule has 2 aromatic carbocycles. The van der Waals surface area contributed by atoms with Gasteiger partial charge in [-0.15, -0.1) is 23.2 Å². The Hall–Kier alpha value is -4.08. The molecule has 47 heavy (non-hydrogen) atoms. The third-order valence-electron chi connectivity index (χ3n) is 9.75. The summed E-state index contributed by atoms with van der Waals surface area (Å²) in [5.74, 6) is -7.66. The first-order valence-electron chi connectivity index (χ1n) is 14.3. The number of nitro groups is 2. The van der Waals surface area contributed by atoms with E-state index in [0.717, 1.165) is 17.0 Å². The SMILES string of the molecule is Cc1cccc(C2C3=CCC4C(=O)N(c5cc([N+](=O)[O-])c(N(C)C)c([N+](=O)[O-])c5)C(=O)C4C3CC3(Cl)C(=O)N(CBr)C(=O)C23Cl)c1O. The number of phenolic OH excluding ortho intramolecular Hbond substituents is 1. The number of nitro benzene ring substituents is 2. The molecule has 0 radical (unpaired) electrons. The number of rotatable bonds is 6. The highest BCUT2D eigenvalue weighted by atomic mass is 79.9. The van der Waals surface area contributed by atoms with Crippen molar-refractivity contribution in [2.45, 2.75) is 35.4 Å². The zero-order valence-electron chi connectivity index (χ0n) is 25.0. The van der Waals surface area contributed by atoms with Crippen LogP contribution in [0.4, 0.5) is 22.7 Å². The number of amides is 4. The summed E-state index contributed by atoms with van der Waals surface area (Å²) in [5, 5.41) is 35.3. The lowest BCUT2D eigenvalue weighted by Crippen LogP contribution is -2.60. The molecule has 3 fully saturated rings. The molecular weight excluding hydrogens is 725 g/mol. The monoisotopic (exact) mass is 749 g/mol. The van der Waals surface area contributed by atoms with Gasteiger partial charge in [0.1, 0.15) is 5.75 Å². The Bertz CT molecular complexity index is 1840. The molecule has 0 bridgehead atoms. The van der Waals surface area contributed by atoms with Crippen LogP contribution in [-0.2, 0) is 19.2 Å². The van der Waals surface area contributed by atoms with Crippen molar-refractivity contribution in [2.75, 3.05) is 29.3 Å². The smallest absolute Gasteiger partial charge is 0.301 e. The Morgan fingerprint density at radius 3 is 2.19 bits per heavy atom. The molecular formula is C30H26BrCl2N5O9. The van der Waals surface area contributed by atoms with Gasteiger partial charge in [0.15, 0.2) is 15.4 Å². The summed E-state index contributed by atoms with van der Waals surface area (Å²) in [6.07, 6.45) is 1.32. The van der Waals surface area contributed by atoms with Crippen molar-refractivity contribution in [1.82, 2.24) is 4.90 Å². The number of carbonyl (C=O) groups excluding carboxylic acids is 4. The molecule has 2 saturated heterocycles. The Morgan fingerprint density at radius 2 is 1.64 bits per heavy atom. The topological polar surface area (TPSA) is 185 Å².